The molecule has 80 valence electrons. The lowest BCUT2D eigenvalue weighted by Crippen LogP contribution is -2.28. The zero-order valence-corrected chi connectivity index (χ0v) is 8.87. The summed E-state index contributed by atoms with van der Waals surface area (Å²) in [7, 11) is 1.65. The van der Waals surface area contributed by atoms with Gasteiger partial charge in [-0.05, 0) is 12.8 Å². The van der Waals surface area contributed by atoms with Crippen LogP contribution in [0.5, 0.6) is 0 Å². The number of rotatable bonds is 5. The standard InChI is InChI=1S/C9H17N3O2/c1-4-9(5-2,14-3)8-10-7(6-13)11-12-8/h13H,4-6H2,1-3H3,(H,10,11,12). The van der Waals surface area contributed by atoms with Crippen LogP contribution in [0.25, 0.3) is 0 Å². The van der Waals surface area contributed by atoms with Gasteiger partial charge >= 0.3 is 0 Å². The number of nitrogens with zero attached hydrogens (tertiary/aromatic N) is 2. The van der Waals surface area contributed by atoms with Crippen molar-refractivity contribution in [1.29, 1.82) is 0 Å². The highest BCUT2D eigenvalue weighted by molar-refractivity contribution is 5.02. The third kappa shape index (κ3) is 1.78. The van der Waals surface area contributed by atoms with Crippen LogP contribution >= 0.6 is 0 Å². The van der Waals surface area contributed by atoms with E-state index in [4.69, 9.17) is 9.84 Å². The summed E-state index contributed by atoms with van der Waals surface area (Å²) in [5.41, 5.74) is -0.427. The van der Waals surface area contributed by atoms with E-state index in [-0.39, 0.29) is 6.61 Å². The van der Waals surface area contributed by atoms with E-state index in [9.17, 15) is 0 Å². The van der Waals surface area contributed by atoms with Crippen molar-refractivity contribution in [2.45, 2.75) is 38.9 Å². The summed E-state index contributed by atoms with van der Waals surface area (Å²) in [5, 5.41) is 15.6. The molecule has 1 aromatic heterocycles. The molecule has 1 rings (SSSR count). The monoisotopic (exact) mass is 199 g/mol. The Morgan fingerprint density at radius 1 is 1.43 bits per heavy atom. The highest BCUT2D eigenvalue weighted by Gasteiger charge is 2.32. The van der Waals surface area contributed by atoms with Crippen molar-refractivity contribution in [3.63, 3.8) is 0 Å². The van der Waals surface area contributed by atoms with Gasteiger partial charge in [-0.3, -0.25) is 5.10 Å². The molecular weight excluding hydrogens is 182 g/mol. The molecule has 0 spiro atoms. The van der Waals surface area contributed by atoms with Crippen molar-refractivity contribution in [2.24, 2.45) is 0 Å². The molecule has 0 atom stereocenters. The smallest absolute Gasteiger partial charge is 0.182 e. The van der Waals surface area contributed by atoms with E-state index in [1.807, 2.05) is 13.8 Å². The lowest BCUT2D eigenvalue weighted by molar-refractivity contribution is -0.0289. The molecule has 0 aliphatic carbocycles. The van der Waals surface area contributed by atoms with Crippen LogP contribution in [-0.4, -0.2) is 27.4 Å². The van der Waals surface area contributed by atoms with Crippen LogP contribution in [0, 0.1) is 0 Å². The Labute approximate surface area is 83.5 Å². The molecule has 0 aromatic carbocycles. The minimum absolute atomic E-state index is 0.125. The highest BCUT2D eigenvalue weighted by Crippen LogP contribution is 2.29. The number of aromatic nitrogens is 3. The summed E-state index contributed by atoms with van der Waals surface area (Å²) in [6.07, 6.45) is 1.62. The van der Waals surface area contributed by atoms with E-state index in [1.54, 1.807) is 7.11 Å². The molecule has 0 unspecified atom stereocenters. The quantitative estimate of drug-likeness (QED) is 0.741. The maximum absolute atomic E-state index is 8.86. The van der Waals surface area contributed by atoms with E-state index in [1.165, 1.54) is 0 Å². The number of hydrogen-bond donors (Lipinski definition) is 2. The molecule has 0 saturated carbocycles. The van der Waals surface area contributed by atoms with Gasteiger partial charge in [-0.1, -0.05) is 13.8 Å². The van der Waals surface area contributed by atoms with Crippen LogP contribution in [0.15, 0.2) is 0 Å². The zero-order valence-electron chi connectivity index (χ0n) is 8.87. The SMILES string of the molecule is CCC(CC)(OC)c1n[nH]c(CO)n1. The van der Waals surface area contributed by atoms with Gasteiger partial charge in [-0.25, -0.2) is 4.98 Å². The molecule has 14 heavy (non-hydrogen) atoms. The Balaban J connectivity index is 2.98. The van der Waals surface area contributed by atoms with Crippen LogP contribution in [-0.2, 0) is 16.9 Å². The van der Waals surface area contributed by atoms with Gasteiger partial charge in [0.25, 0.3) is 0 Å². The average Bonchev–Trinajstić information content (AvgIpc) is 2.71. The van der Waals surface area contributed by atoms with E-state index in [0.717, 1.165) is 12.8 Å². The lowest BCUT2D eigenvalue weighted by atomic mass is 9.96. The Kier molecular flexibility index (Phi) is 3.60. The summed E-state index contributed by atoms with van der Waals surface area (Å²) >= 11 is 0. The molecule has 0 bridgehead atoms. The van der Waals surface area contributed by atoms with Crippen LogP contribution in [0.3, 0.4) is 0 Å². The summed E-state index contributed by atoms with van der Waals surface area (Å²) in [6.45, 7) is 3.93. The van der Waals surface area contributed by atoms with Gasteiger partial charge in [-0.2, -0.15) is 5.10 Å². The normalized spacial score (nSPS) is 12.0. The zero-order chi connectivity index (χ0) is 10.6. The fourth-order valence-electron chi connectivity index (χ4n) is 1.52. The third-order valence-corrected chi connectivity index (χ3v) is 2.62. The second-order valence-corrected chi connectivity index (χ2v) is 3.17. The van der Waals surface area contributed by atoms with Crippen LogP contribution in [0.2, 0.25) is 0 Å². The summed E-state index contributed by atoms with van der Waals surface area (Å²) in [6, 6.07) is 0. The first-order valence-corrected chi connectivity index (χ1v) is 4.80. The summed E-state index contributed by atoms with van der Waals surface area (Å²) in [5.74, 6) is 1.09. The Hall–Kier alpha value is -0.940. The predicted molar refractivity (Wildman–Crippen MR) is 51.6 cm³/mol. The van der Waals surface area contributed by atoms with Gasteiger partial charge in [0.05, 0.1) is 0 Å². The van der Waals surface area contributed by atoms with E-state index in [2.05, 4.69) is 15.2 Å². The largest absolute Gasteiger partial charge is 0.388 e. The molecule has 0 amide bonds. The van der Waals surface area contributed by atoms with Gasteiger partial charge in [0, 0.05) is 7.11 Å². The van der Waals surface area contributed by atoms with Gasteiger partial charge in [-0.15, -0.1) is 0 Å². The van der Waals surface area contributed by atoms with Crippen LogP contribution < -0.4 is 0 Å². The van der Waals surface area contributed by atoms with E-state index in [0.29, 0.717) is 11.6 Å². The number of aliphatic hydroxyl groups is 1. The molecule has 0 aliphatic heterocycles. The van der Waals surface area contributed by atoms with E-state index >= 15 is 0 Å². The number of hydrogen-bond acceptors (Lipinski definition) is 4. The molecule has 0 radical (unpaired) electrons. The number of aliphatic hydroxyl groups excluding tert-OH is 1. The number of methoxy groups -OCH3 is 1. The van der Waals surface area contributed by atoms with Gasteiger partial charge in [0.15, 0.2) is 5.82 Å². The Morgan fingerprint density at radius 3 is 2.43 bits per heavy atom. The van der Waals surface area contributed by atoms with Gasteiger partial charge < -0.3 is 9.84 Å². The summed E-state index contributed by atoms with van der Waals surface area (Å²) in [4.78, 5) is 4.17. The van der Waals surface area contributed by atoms with Crippen molar-refractivity contribution in [3.05, 3.63) is 11.6 Å². The fourth-order valence-corrected chi connectivity index (χ4v) is 1.52. The van der Waals surface area contributed by atoms with Crippen molar-refractivity contribution >= 4 is 0 Å². The van der Waals surface area contributed by atoms with Crippen molar-refractivity contribution in [3.8, 4) is 0 Å². The number of nitrogens with one attached hydrogen (secondary N) is 1. The molecule has 2 N–H and O–H groups in total. The number of ether oxygens (including phenoxy) is 1. The van der Waals surface area contributed by atoms with E-state index < -0.39 is 5.60 Å². The Bertz CT molecular complexity index is 273. The molecule has 5 nitrogen and oxygen atoms in total. The minimum Gasteiger partial charge on any atom is -0.388 e. The second kappa shape index (κ2) is 4.52. The van der Waals surface area contributed by atoms with Crippen LogP contribution in [0.4, 0.5) is 0 Å². The average molecular weight is 199 g/mol. The van der Waals surface area contributed by atoms with Crippen molar-refractivity contribution < 1.29 is 9.84 Å². The maximum Gasteiger partial charge on any atom is 0.182 e. The first-order valence-electron chi connectivity index (χ1n) is 4.80. The molecule has 1 heterocycles. The topological polar surface area (TPSA) is 71.0 Å². The van der Waals surface area contributed by atoms with Crippen LogP contribution in [0.1, 0.15) is 38.3 Å². The number of H-pyrrole nitrogens is 1. The highest BCUT2D eigenvalue weighted by atomic mass is 16.5. The van der Waals surface area contributed by atoms with Gasteiger partial charge in [0.2, 0.25) is 0 Å². The minimum atomic E-state index is -0.427. The fraction of sp³-hybridized carbons (Fsp3) is 0.778. The molecular formula is C9H17N3O2. The van der Waals surface area contributed by atoms with Crippen molar-refractivity contribution in [2.75, 3.05) is 7.11 Å². The second-order valence-electron chi connectivity index (χ2n) is 3.17. The maximum atomic E-state index is 8.86. The molecule has 5 heteroatoms. The lowest BCUT2D eigenvalue weighted by Gasteiger charge is -2.26. The molecule has 1 aromatic rings. The Morgan fingerprint density at radius 2 is 2.07 bits per heavy atom. The van der Waals surface area contributed by atoms with Crippen molar-refractivity contribution in [1.82, 2.24) is 15.2 Å². The third-order valence-electron chi connectivity index (χ3n) is 2.62. The summed E-state index contributed by atoms with van der Waals surface area (Å²) < 4.78 is 5.45. The first kappa shape index (κ1) is 11.1. The molecule has 0 saturated heterocycles. The predicted octanol–water partition coefficient (Wildman–Crippen LogP) is 0.959. The molecule has 0 aliphatic rings. The first-order chi connectivity index (χ1) is 6.72. The molecule has 0 fully saturated rings. The van der Waals surface area contributed by atoms with Gasteiger partial charge in [0.1, 0.15) is 18.0 Å². The number of aromatic amines is 1.